The van der Waals surface area contributed by atoms with Gasteiger partial charge in [-0.2, -0.15) is 0 Å². The number of methoxy groups -OCH3 is 1. The van der Waals surface area contributed by atoms with Crippen molar-refractivity contribution in [3.63, 3.8) is 0 Å². The fourth-order valence-electron chi connectivity index (χ4n) is 3.40. The highest BCUT2D eigenvalue weighted by atomic mass is 16.5. The van der Waals surface area contributed by atoms with Crippen molar-refractivity contribution < 1.29 is 4.74 Å². The van der Waals surface area contributed by atoms with Crippen LogP contribution in [-0.2, 0) is 5.41 Å². The van der Waals surface area contributed by atoms with E-state index >= 15 is 0 Å². The van der Waals surface area contributed by atoms with E-state index in [9.17, 15) is 0 Å². The number of hydrogen-bond acceptors (Lipinski definition) is 2. The van der Waals surface area contributed by atoms with Gasteiger partial charge < -0.3 is 10.1 Å². The van der Waals surface area contributed by atoms with Crippen molar-refractivity contribution >= 4 is 0 Å². The fourth-order valence-corrected chi connectivity index (χ4v) is 3.40. The van der Waals surface area contributed by atoms with E-state index in [1.165, 1.54) is 49.7 Å². The molecule has 2 saturated carbocycles. The zero-order valence-electron chi connectivity index (χ0n) is 12.2. The topological polar surface area (TPSA) is 21.3 Å². The van der Waals surface area contributed by atoms with E-state index in [1.807, 2.05) is 0 Å². The molecule has 3 rings (SSSR count). The fraction of sp³-hybridized carbons (Fsp3) is 0.647. The first-order valence-corrected chi connectivity index (χ1v) is 7.62. The molecule has 0 unspecified atom stereocenters. The minimum atomic E-state index is 0.351. The number of nitrogens with one attached hydrogen (secondary N) is 1. The van der Waals surface area contributed by atoms with Crippen LogP contribution in [0.5, 0.6) is 5.75 Å². The monoisotopic (exact) mass is 259 g/mol. The molecule has 0 bridgehead atoms. The minimum absolute atomic E-state index is 0.351. The molecule has 1 N–H and O–H groups in total. The molecule has 2 aliphatic rings. The van der Waals surface area contributed by atoms with Gasteiger partial charge in [-0.3, -0.25) is 0 Å². The molecule has 0 radical (unpaired) electrons. The summed E-state index contributed by atoms with van der Waals surface area (Å²) in [6.45, 7) is 3.26. The Labute approximate surface area is 116 Å². The maximum atomic E-state index is 5.51. The molecule has 0 atom stereocenters. The van der Waals surface area contributed by atoms with E-state index in [2.05, 4.69) is 30.4 Å². The van der Waals surface area contributed by atoms with Crippen LogP contribution in [0, 0.1) is 6.92 Å². The number of rotatable bonds is 5. The molecule has 1 aromatic rings. The minimum Gasteiger partial charge on any atom is -0.496 e. The van der Waals surface area contributed by atoms with Gasteiger partial charge in [0.25, 0.3) is 0 Å². The number of hydrogen-bond donors (Lipinski definition) is 1. The van der Waals surface area contributed by atoms with E-state index in [1.54, 1.807) is 7.11 Å². The molecule has 104 valence electrons. The number of ether oxygens (including phenoxy) is 1. The third-order valence-corrected chi connectivity index (χ3v) is 4.89. The maximum Gasteiger partial charge on any atom is 0.122 e. The van der Waals surface area contributed by atoms with E-state index in [4.69, 9.17) is 4.74 Å². The summed E-state index contributed by atoms with van der Waals surface area (Å²) in [6, 6.07) is 7.60. The normalized spacial score (nSPS) is 21.6. The molecule has 2 nitrogen and oxygen atoms in total. The van der Waals surface area contributed by atoms with Gasteiger partial charge >= 0.3 is 0 Å². The molecule has 2 heteroatoms. The molecule has 0 spiro atoms. The van der Waals surface area contributed by atoms with Gasteiger partial charge in [0.2, 0.25) is 0 Å². The first-order valence-electron chi connectivity index (χ1n) is 7.62. The van der Waals surface area contributed by atoms with Crippen LogP contribution in [0.3, 0.4) is 0 Å². The van der Waals surface area contributed by atoms with Crippen LogP contribution in [0.15, 0.2) is 18.2 Å². The molecule has 0 aliphatic heterocycles. The van der Waals surface area contributed by atoms with Gasteiger partial charge in [-0.1, -0.05) is 25.0 Å². The summed E-state index contributed by atoms with van der Waals surface area (Å²) in [5.41, 5.74) is 3.05. The van der Waals surface area contributed by atoms with Gasteiger partial charge in [-0.15, -0.1) is 0 Å². The lowest BCUT2D eigenvalue weighted by Gasteiger charge is -2.31. The second-order valence-electron chi connectivity index (χ2n) is 6.33. The summed E-state index contributed by atoms with van der Waals surface area (Å²) in [5, 5.41) is 3.75. The van der Waals surface area contributed by atoms with Gasteiger partial charge in [0, 0.05) is 18.0 Å². The van der Waals surface area contributed by atoms with Gasteiger partial charge in [-0.05, 0) is 49.8 Å². The third kappa shape index (κ3) is 2.64. The van der Waals surface area contributed by atoms with Crippen molar-refractivity contribution in [2.45, 2.75) is 56.9 Å². The maximum absolute atomic E-state index is 5.51. The first-order chi connectivity index (χ1) is 9.23. The van der Waals surface area contributed by atoms with Crippen molar-refractivity contribution in [2.24, 2.45) is 0 Å². The lowest BCUT2D eigenvalue weighted by Crippen LogP contribution is -2.37. The highest BCUT2D eigenvalue weighted by Crippen LogP contribution is 2.42. The molecule has 0 aromatic heterocycles. The number of benzene rings is 1. The van der Waals surface area contributed by atoms with Crippen LogP contribution in [0.25, 0.3) is 0 Å². The van der Waals surface area contributed by atoms with Crippen molar-refractivity contribution in [2.75, 3.05) is 13.7 Å². The highest BCUT2D eigenvalue weighted by Gasteiger charge is 2.37. The predicted molar refractivity (Wildman–Crippen MR) is 78.9 cm³/mol. The Hall–Kier alpha value is -1.02. The average Bonchev–Trinajstić information content (AvgIpc) is 3.14. The zero-order chi connectivity index (χ0) is 13.3. The summed E-state index contributed by atoms with van der Waals surface area (Å²) in [5.74, 6) is 1.04. The Morgan fingerprint density at radius 2 is 2.00 bits per heavy atom. The number of aryl methyl sites for hydroxylation is 1. The second-order valence-corrected chi connectivity index (χ2v) is 6.33. The zero-order valence-corrected chi connectivity index (χ0v) is 12.2. The Bertz CT molecular complexity index is 445. The Balaban J connectivity index is 1.85. The summed E-state index contributed by atoms with van der Waals surface area (Å²) < 4.78 is 5.51. The van der Waals surface area contributed by atoms with Crippen LogP contribution in [0.2, 0.25) is 0 Å². The molecular formula is C17H25NO. The van der Waals surface area contributed by atoms with Crippen LogP contribution in [-0.4, -0.2) is 19.7 Å². The summed E-state index contributed by atoms with van der Waals surface area (Å²) in [6.07, 6.45) is 8.10. The van der Waals surface area contributed by atoms with E-state index in [-0.39, 0.29) is 0 Å². The highest BCUT2D eigenvalue weighted by molar-refractivity contribution is 5.40. The summed E-state index contributed by atoms with van der Waals surface area (Å²) >= 11 is 0. The smallest absolute Gasteiger partial charge is 0.122 e. The average molecular weight is 259 g/mol. The van der Waals surface area contributed by atoms with Crippen molar-refractivity contribution in [1.82, 2.24) is 5.32 Å². The quantitative estimate of drug-likeness (QED) is 0.873. The van der Waals surface area contributed by atoms with Crippen LogP contribution >= 0.6 is 0 Å². The lowest BCUT2D eigenvalue weighted by atomic mass is 9.78. The Morgan fingerprint density at radius 1 is 1.26 bits per heavy atom. The van der Waals surface area contributed by atoms with E-state index in [0.29, 0.717) is 5.41 Å². The standard InChI is InChI=1S/C17H25NO/c1-13-5-6-14(11-16(13)19-2)17(9-3-4-10-17)12-18-15-7-8-15/h5-6,11,15,18H,3-4,7-10,12H2,1-2H3. The summed E-state index contributed by atoms with van der Waals surface area (Å²) in [4.78, 5) is 0. The van der Waals surface area contributed by atoms with E-state index in [0.717, 1.165) is 18.3 Å². The first kappa shape index (κ1) is 13.0. The largest absolute Gasteiger partial charge is 0.496 e. The lowest BCUT2D eigenvalue weighted by molar-refractivity contribution is 0.390. The van der Waals surface area contributed by atoms with Crippen molar-refractivity contribution in [3.05, 3.63) is 29.3 Å². The molecule has 2 fully saturated rings. The van der Waals surface area contributed by atoms with Crippen LogP contribution < -0.4 is 10.1 Å². The second kappa shape index (κ2) is 5.16. The molecule has 1 aromatic carbocycles. The predicted octanol–water partition coefficient (Wildman–Crippen LogP) is 3.57. The summed E-state index contributed by atoms with van der Waals surface area (Å²) in [7, 11) is 1.77. The van der Waals surface area contributed by atoms with Gasteiger partial charge in [0.05, 0.1) is 7.11 Å². The van der Waals surface area contributed by atoms with E-state index < -0.39 is 0 Å². The van der Waals surface area contributed by atoms with Gasteiger partial charge in [0.15, 0.2) is 0 Å². The molecule has 0 heterocycles. The molecule has 19 heavy (non-hydrogen) atoms. The van der Waals surface area contributed by atoms with Gasteiger partial charge in [-0.25, -0.2) is 0 Å². The molecular weight excluding hydrogens is 234 g/mol. The molecule has 0 amide bonds. The molecule has 2 aliphatic carbocycles. The third-order valence-electron chi connectivity index (χ3n) is 4.89. The SMILES string of the molecule is COc1cc(C2(CNC3CC3)CCCC2)ccc1C. The Kier molecular flexibility index (Phi) is 3.53. The van der Waals surface area contributed by atoms with Crippen molar-refractivity contribution in [3.8, 4) is 5.75 Å². The van der Waals surface area contributed by atoms with Gasteiger partial charge in [0.1, 0.15) is 5.75 Å². The van der Waals surface area contributed by atoms with Crippen LogP contribution in [0.1, 0.15) is 49.7 Å². The molecule has 0 saturated heterocycles. The van der Waals surface area contributed by atoms with Crippen molar-refractivity contribution in [1.29, 1.82) is 0 Å². The Morgan fingerprint density at radius 3 is 2.63 bits per heavy atom. The van der Waals surface area contributed by atoms with Crippen LogP contribution in [0.4, 0.5) is 0 Å².